The Morgan fingerprint density at radius 3 is 2.22 bits per heavy atom. The third-order valence-corrected chi connectivity index (χ3v) is 7.38. The lowest BCUT2D eigenvalue weighted by Crippen LogP contribution is -2.29. The van der Waals surface area contributed by atoms with Crippen molar-refractivity contribution in [2.24, 2.45) is 4.99 Å². The van der Waals surface area contributed by atoms with E-state index >= 15 is 0 Å². The van der Waals surface area contributed by atoms with Crippen LogP contribution in [0.3, 0.4) is 0 Å². The third kappa shape index (κ3) is 3.69. The summed E-state index contributed by atoms with van der Waals surface area (Å²) in [6.45, 7) is 2.75. The number of carbonyl (C=O) groups excluding carboxylic acids is 1. The van der Waals surface area contributed by atoms with Crippen LogP contribution in [0.25, 0.3) is 0 Å². The highest BCUT2D eigenvalue weighted by Crippen LogP contribution is 2.51. The van der Waals surface area contributed by atoms with Gasteiger partial charge in [-0.15, -0.1) is 0 Å². The molecule has 0 aliphatic carbocycles. The second kappa shape index (κ2) is 8.44. The SMILES string of the molecule is CCN1/C(=C2/SC(=Nc3ccc(F)cc3)N(c3ccc(F)cc3)C2=O)Sc2ccccc21. The van der Waals surface area contributed by atoms with Crippen LogP contribution in [0.2, 0.25) is 0 Å². The van der Waals surface area contributed by atoms with Gasteiger partial charge in [0.15, 0.2) is 5.17 Å². The smallest absolute Gasteiger partial charge is 0.274 e. The number of amidine groups is 1. The number of amides is 1. The number of thioether (sulfide) groups is 2. The minimum atomic E-state index is -0.386. The molecule has 2 aliphatic rings. The molecular weight excluding hydrogens is 448 g/mol. The van der Waals surface area contributed by atoms with Crippen LogP contribution in [0, 0.1) is 11.6 Å². The highest BCUT2D eigenvalue weighted by molar-refractivity contribution is 8.20. The fraction of sp³-hybridized carbons (Fsp3) is 0.0833. The molecule has 0 radical (unpaired) electrons. The van der Waals surface area contributed by atoms with Gasteiger partial charge in [-0.3, -0.25) is 9.69 Å². The largest absolute Gasteiger partial charge is 0.334 e. The summed E-state index contributed by atoms with van der Waals surface area (Å²) < 4.78 is 26.9. The number of aliphatic imine (C=N–C) groups is 1. The fourth-order valence-corrected chi connectivity index (χ4v) is 5.93. The molecule has 0 saturated carbocycles. The number of anilines is 2. The second-order valence-corrected chi connectivity index (χ2v) is 9.05. The van der Waals surface area contributed by atoms with Crippen molar-refractivity contribution >= 4 is 51.7 Å². The van der Waals surface area contributed by atoms with E-state index in [0.717, 1.165) is 15.6 Å². The molecule has 5 rings (SSSR count). The monoisotopic (exact) mass is 465 g/mol. The first kappa shape index (κ1) is 20.8. The van der Waals surface area contributed by atoms with Crippen molar-refractivity contribution in [3.63, 3.8) is 0 Å². The van der Waals surface area contributed by atoms with Crippen molar-refractivity contribution in [2.45, 2.75) is 11.8 Å². The molecule has 32 heavy (non-hydrogen) atoms. The van der Waals surface area contributed by atoms with Gasteiger partial charge in [-0.05, 0) is 79.3 Å². The van der Waals surface area contributed by atoms with E-state index < -0.39 is 0 Å². The van der Waals surface area contributed by atoms with Crippen LogP contribution in [-0.4, -0.2) is 17.6 Å². The average Bonchev–Trinajstić information content (AvgIpc) is 3.33. The van der Waals surface area contributed by atoms with E-state index in [1.165, 1.54) is 40.9 Å². The lowest BCUT2D eigenvalue weighted by molar-refractivity contribution is -0.113. The first-order valence-corrected chi connectivity index (χ1v) is 11.6. The summed E-state index contributed by atoms with van der Waals surface area (Å²) in [6.07, 6.45) is 0. The van der Waals surface area contributed by atoms with Crippen LogP contribution < -0.4 is 9.80 Å². The summed E-state index contributed by atoms with van der Waals surface area (Å²) in [7, 11) is 0. The zero-order valence-electron chi connectivity index (χ0n) is 17.0. The van der Waals surface area contributed by atoms with Crippen molar-refractivity contribution in [3.8, 4) is 0 Å². The van der Waals surface area contributed by atoms with E-state index in [1.54, 1.807) is 36.0 Å². The van der Waals surface area contributed by atoms with Crippen molar-refractivity contribution in [3.05, 3.63) is 94.4 Å². The van der Waals surface area contributed by atoms with E-state index in [9.17, 15) is 13.6 Å². The average molecular weight is 466 g/mol. The molecule has 2 aliphatic heterocycles. The Labute approximate surface area is 192 Å². The highest BCUT2D eigenvalue weighted by atomic mass is 32.2. The molecule has 0 bridgehead atoms. The number of benzene rings is 3. The maximum atomic E-state index is 13.6. The second-order valence-electron chi connectivity index (χ2n) is 7.04. The van der Waals surface area contributed by atoms with Gasteiger partial charge in [-0.1, -0.05) is 23.9 Å². The predicted octanol–water partition coefficient (Wildman–Crippen LogP) is 6.53. The Hall–Kier alpha value is -3.10. The molecule has 1 amide bonds. The number of carbonyl (C=O) groups is 1. The zero-order valence-corrected chi connectivity index (χ0v) is 18.6. The first-order chi connectivity index (χ1) is 15.5. The maximum Gasteiger partial charge on any atom is 0.274 e. The normalized spacial score (nSPS) is 19.2. The number of rotatable bonds is 3. The van der Waals surface area contributed by atoms with Crippen molar-refractivity contribution < 1.29 is 13.6 Å². The van der Waals surface area contributed by atoms with Crippen molar-refractivity contribution in [2.75, 3.05) is 16.3 Å². The van der Waals surface area contributed by atoms with Crippen LogP contribution in [0.15, 0.2) is 92.6 Å². The topological polar surface area (TPSA) is 35.9 Å². The van der Waals surface area contributed by atoms with E-state index in [1.807, 2.05) is 31.2 Å². The molecule has 0 spiro atoms. The van der Waals surface area contributed by atoms with Crippen molar-refractivity contribution in [1.29, 1.82) is 0 Å². The number of para-hydroxylation sites is 1. The number of fused-ring (bicyclic) bond motifs is 1. The summed E-state index contributed by atoms with van der Waals surface area (Å²) >= 11 is 2.82. The van der Waals surface area contributed by atoms with Gasteiger partial charge in [-0.25, -0.2) is 13.8 Å². The highest BCUT2D eigenvalue weighted by Gasteiger charge is 2.40. The summed E-state index contributed by atoms with van der Waals surface area (Å²) in [6, 6.07) is 19.5. The summed E-state index contributed by atoms with van der Waals surface area (Å²) in [5.41, 5.74) is 2.10. The quantitative estimate of drug-likeness (QED) is 0.412. The number of nitrogens with zero attached hydrogens (tertiary/aromatic N) is 3. The fourth-order valence-electron chi connectivity index (χ4n) is 3.54. The van der Waals surface area contributed by atoms with Crippen LogP contribution in [0.4, 0.5) is 25.8 Å². The first-order valence-electron chi connectivity index (χ1n) is 9.96. The molecule has 2 heterocycles. The number of halogens is 2. The van der Waals surface area contributed by atoms with Gasteiger partial charge in [0.05, 0.1) is 17.1 Å². The number of hydrogen-bond donors (Lipinski definition) is 0. The lowest BCUT2D eigenvalue weighted by atomic mass is 10.2. The Bertz CT molecular complexity index is 1260. The number of hydrogen-bond acceptors (Lipinski definition) is 5. The minimum absolute atomic E-state index is 0.226. The van der Waals surface area contributed by atoms with Crippen LogP contribution in [-0.2, 0) is 4.79 Å². The Morgan fingerprint density at radius 2 is 1.53 bits per heavy atom. The van der Waals surface area contributed by atoms with Gasteiger partial charge in [-0.2, -0.15) is 0 Å². The molecule has 1 fully saturated rings. The maximum absolute atomic E-state index is 13.6. The Morgan fingerprint density at radius 1 is 0.875 bits per heavy atom. The predicted molar refractivity (Wildman–Crippen MR) is 127 cm³/mol. The molecule has 160 valence electrons. The minimum Gasteiger partial charge on any atom is -0.334 e. The van der Waals surface area contributed by atoms with Gasteiger partial charge in [0.1, 0.15) is 21.6 Å². The summed E-state index contributed by atoms with van der Waals surface area (Å²) in [5.74, 6) is -0.972. The van der Waals surface area contributed by atoms with Gasteiger partial charge in [0.25, 0.3) is 5.91 Å². The summed E-state index contributed by atoms with van der Waals surface area (Å²) in [5, 5.41) is 1.28. The van der Waals surface area contributed by atoms with Crippen LogP contribution in [0.1, 0.15) is 6.92 Å². The molecule has 3 aromatic rings. The molecule has 0 aromatic heterocycles. The van der Waals surface area contributed by atoms with Gasteiger partial charge in [0.2, 0.25) is 0 Å². The Kier molecular flexibility index (Phi) is 5.48. The zero-order chi connectivity index (χ0) is 22.2. The molecule has 1 saturated heterocycles. The van der Waals surface area contributed by atoms with Crippen LogP contribution >= 0.6 is 23.5 Å². The van der Waals surface area contributed by atoms with Crippen LogP contribution in [0.5, 0.6) is 0 Å². The summed E-state index contributed by atoms with van der Waals surface area (Å²) in [4.78, 5) is 23.5. The van der Waals surface area contributed by atoms with Gasteiger partial charge >= 0.3 is 0 Å². The van der Waals surface area contributed by atoms with Crippen molar-refractivity contribution in [1.82, 2.24) is 0 Å². The Balaban J connectivity index is 1.62. The van der Waals surface area contributed by atoms with E-state index in [4.69, 9.17) is 0 Å². The van der Waals surface area contributed by atoms with E-state index in [-0.39, 0.29) is 17.5 Å². The van der Waals surface area contributed by atoms with Gasteiger partial charge in [0, 0.05) is 11.4 Å². The van der Waals surface area contributed by atoms with E-state index in [2.05, 4.69) is 9.89 Å². The standard InChI is InChI=1S/C24H17F2N3OS2/c1-2-28-19-5-3-4-6-20(19)31-23(28)21-22(30)29(18-13-9-16(26)10-14-18)24(32-21)27-17-11-7-15(25)8-12-17/h3-14H,2H2,1H3/b23-21-,27-24?. The molecule has 0 N–H and O–H groups in total. The molecule has 3 aromatic carbocycles. The molecular formula is C24H17F2N3OS2. The molecule has 0 atom stereocenters. The molecule has 0 unspecified atom stereocenters. The van der Waals surface area contributed by atoms with E-state index in [0.29, 0.717) is 28.0 Å². The lowest BCUT2D eigenvalue weighted by Gasteiger charge is -2.19. The van der Waals surface area contributed by atoms with Gasteiger partial charge < -0.3 is 4.90 Å². The molecule has 8 heteroatoms. The molecule has 4 nitrogen and oxygen atoms in total. The third-order valence-electron chi connectivity index (χ3n) is 5.04.